The summed E-state index contributed by atoms with van der Waals surface area (Å²) in [4.78, 5) is 6.40. The lowest BCUT2D eigenvalue weighted by Crippen LogP contribution is -2.45. The highest BCUT2D eigenvalue weighted by Gasteiger charge is 2.56. The molecule has 8 heteroatoms. The van der Waals surface area contributed by atoms with E-state index in [9.17, 15) is 18.4 Å². The van der Waals surface area contributed by atoms with Crippen molar-refractivity contribution in [1.29, 1.82) is 0 Å². The topological polar surface area (TPSA) is 51.1 Å². The Hall–Kier alpha value is -1.90. The van der Waals surface area contributed by atoms with Gasteiger partial charge in [0.15, 0.2) is 0 Å². The van der Waals surface area contributed by atoms with E-state index in [1.807, 2.05) is 0 Å². The van der Waals surface area contributed by atoms with Gasteiger partial charge in [0, 0.05) is 38.1 Å². The largest absolute Gasteiger partial charge is 0.416 e. The number of rotatable bonds is 4. The van der Waals surface area contributed by atoms with E-state index < -0.39 is 11.7 Å². The molecule has 25 heavy (non-hydrogen) atoms. The molecule has 5 nitrogen and oxygen atoms in total. The molecule has 1 saturated heterocycles. The van der Waals surface area contributed by atoms with Gasteiger partial charge in [-0.15, -0.1) is 0 Å². The van der Waals surface area contributed by atoms with Gasteiger partial charge in [0.05, 0.1) is 5.56 Å². The van der Waals surface area contributed by atoms with Gasteiger partial charge in [-0.2, -0.15) is 13.2 Å². The molecule has 3 unspecified atom stereocenters. The number of allylic oxidation sites excluding steroid dienone is 1. The highest BCUT2D eigenvalue weighted by Crippen LogP contribution is 2.46. The molecule has 0 aromatic heterocycles. The van der Waals surface area contributed by atoms with Gasteiger partial charge < -0.3 is 5.32 Å². The molecule has 1 aliphatic carbocycles. The van der Waals surface area contributed by atoms with Crippen molar-refractivity contribution in [1.82, 2.24) is 15.3 Å². The van der Waals surface area contributed by atoms with Crippen molar-refractivity contribution in [2.24, 2.45) is 16.8 Å². The number of nitrogens with zero attached hydrogens (tertiary/aromatic N) is 3. The van der Waals surface area contributed by atoms with Crippen LogP contribution in [0.25, 0.3) is 0 Å². The third kappa shape index (κ3) is 3.29. The van der Waals surface area contributed by atoms with E-state index >= 15 is 0 Å². The fourth-order valence-electron chi connectivity index (χ4n) is 3.76. The van der Waals surface area contributed by atoms with Crippen LogP contribution in [0.1, 0.15) is 11.1 Å². The van der Waals surface area contributed by atoms with Gasteiger partial charge in [0.2, 0.25) is 6.29 Å². The minimum atomic E-state index is -4.29. The molecular formula is C17H19F3N4O. The van der Waals surface area contributed by atoms with Gasteiger partial charge in [-0.3, -0.25) is 15.1 Å². The van der Waals surface area contributed by atoms with E-state index in [1.54, 1.807) is 18.5 Å². The van der Waals surface area contributed by atoms with Crippen LogP contribution in [-0.4, -0.2) is 46.8 Å². The zero-order valence-electron chi connectivity index (χ0n) is 13.4. The second-order valence-electron chi connectivity index (χ2n) is 6.75. The molecule has 3 aliphatic rings. The fourth-order valence-corrected chi connectivity index (χ4v) is 3.76. The van der Waals surface area contributed by atoms with Crippen LogP contribution in [0.4, 0.5) is 13.2 Å². The first kappa shape index (κ1) is 16.6. The molecule has 2 fully saturated rings. The quantitative estimate of drug-likeness (QED) is 0.873. The predicted octanol–water partition coefficient (Wildman–Crippen LogP) is 2.30. The summed E-state index contributed by atoms with van der Waals surface area (Å²) in [6, 6.07) is 5.67. The highest BCUT2D eigenvalue weighted by molar-refractivity contribution is 5.71. The zero-order valence-corrected chi connectivity index (χ0v) is 13.4. The summed E-state index contributed by atoms with van der Waals surface area (Å²) in [6.07, 6.45) is 0.305. The number of alkyl halides is 3. The van der Waals surface area contributed by atoms with Gasteiger partial charge in [-0.1, -0.05) is 12.1 Å². The standard InChI is InChI=1S/C17H19F3N4O/c18-17(19,20)12-4-2-11(3-5-12)8-22-15-13-9-23(10-14(13)15)16-21-6-1-7-24(16)25/h1-7,13-16,22,25H,8-10H2. The average Bonchev–Trinajstić information content (AvgIpc) is 3.03. The third-order valence-electron chi connectivity index (χ3n) is 5.15. The molecule has 1 aromatic carbocycles. The summed E-state index contributed by atoms with van der Waals surface area (Å²) < 4.78 is 37.7. The summed E-state index contributed by atoms with van der Waals surface area (Å²) >= 11 is 0. The molecule has 3 atom stereocenters. The Morgan fingerprint density at radius 3 is 2.44 bits per heavy atom. The van der Waals surface area contributed by atoms with E-state index in [0.717, 1.165) is 35.8 Å². The number of piperidine rings is 1. The van der Waals surface area contributed by atoms with Crippen molar-refractivity contribution in [2.75, 3.05) is 13.1 Å². The van der Waals surface area contributed by atoms with Crippen LogP contribution in [0, 0.1) is 11.8 Å². The molecule has 1 aromatic rings. The maximum Gasteiger partial charge on any atom is 0.416 e. The van der Waals surface area contributed by atoms with Crippen molar-refractivity contribution in [3.8, 4) is 0 Å². The van der Waals surface area contributed by atoms with Crippen LogP contribution in [0.3, 0.4) is 0 Å². The molecule has 0 amide bonds. The van der Waals surface area contributed by atoms with E-state index in [4.69, 9.17) is 0 Å². The molecule has 0 spiro atoms. The van der Waals surface area contributed by atoms with Crippen molar-refractivity contribution < 1.29 is 18.4 Å². The Bertz CT molecular complexity index is 676. The van der Waals surface area contributed by atoms with Crippen molar-refractivity contribution in [2.45, 2.75) is 25.1 Å². The van der Waals surface area contributed by atoms with E-state index in [2.05, 4.69) is 15.2 Å². The number of aliphatic imine (C=N–C) groups is 1. The minimum Gasteiger partial charge on any atom is -0.309 e. The van der Waals surface area contributed by atoms with Gasteiger partial charge in [0.1, 0.15) is 0 Å². The average molecular weight is 352 g/mol. The SMILES string of the molecule is ON1C=CC=NC1N1CC2C(C1)C2NCc1ccc(C(F)(F)F)cc1. The number of benzene rings is 1. The molecule has 2 N–H and O–H groups in total. The normalized spacial score (nSPS) is 31.4. The van der Waals surface area contributed by atoms with Gasteiger partial charge in [0.25, 0.3) is 0 Å². The van der Waals surface area contributed by atoms with Crippen molar-refractivity contribution in [3.05, 3.63) is 47.7 Å². The molecule has 4 rings (SSSR count). The Labute approximate surface area is 143 Å². The minimum absolute atomic E-state index is 0.353. The van der Waals surface area contributed by atoms with Crippen LogP contribution < -0.4 is 5.32 Å². The first-order chi connectivity index (χ1) is 11.9. The summed E-state index contributed by atoms with van der Waals surface area (Å²) in [5.74, 6) is 1.01. The second kappa shape index (κ2) is 6.12. The molecule has 1 saturated carbocycles. The number of halogens is 3. The predicted molar refractivity (Wildman–Crippen MR) is 85.7 cm³/mol. The van der Waals surface area contributed by atoms with Crippen molar-refractivity contribution >= 4 is 6.21 Å². The number of hydroxylamine groups is 2. The lowest BCUT2D eigenvalue weighted by molar-refractivity contribution is -0.137. The number of fused-ring (bicyclic) bond motifs is 1. The van der Waals surface area contributed by atoms with Crippen LogP contribution in [0.5, 0.6) is 0 Å². The number of hydrogen-bond acceptors (Lipinski definition) is 5. The van der Waals surface area contributed by atoms with E-state index in [1.165, 1.54) is 12.1 Å². The number of nitrogens with one attached hydrogen (secondary N) is 1. The van der Waals surface area contributed by atoms with Crippen LogP contribution in [0.2, 0.25) is 0 Å². The Morgan fingerprint density at radius 2 is 1.84 bits per heavy atom. The maximum absolute atomic E-state index is 12.6. The zero-order chi connectivity index (χ0) is 17.6. The monoisotopic (exact) mass is 352 g/mol. The number of likely N-dealkylation sites (tertiary alicyclic amines) is 1. The Kier molecular flexibility index (Phi) is 4.05. The van der Waals surface area contributed by atoms with E-state index in [0.29, 0.717) is 24.4 Å². The molecule has 134 valence electrons. The lowest BCUT2D eigenvalue weighted by Gasteiger charge is -2.32. The number of hydrogen-bond donors (Lipinski definition) is 2. The van der Waals surface area contributed by atoms with Crippen LogP contribution in [-0.2, 0) is 12.7 Å². The maximum atomic E-state index is 12.6. The van der Waals surface area contributed by atoms with Gasteiger partial charge in [-0.05, 0) is 35.6 Å². The molecule has 2 aliphatic heterocycles. The Balaban J connectivity index is 1.26. The smallest absolute Gasteiger partial charge is 0.309 e. The Morgan fingerprint density at radius 1 is 1.16 bits per heavy atom. The van der Waals surface area contributed by atoms with Gasteiger partial charge in [-0.25, -0.2) is 5.06 Å². The summed E-state index contributed by atoms with van der Waals surface area (Å²) in [6.45, 7) is 2.26. The van der Waals surface area contributed by atoms with Gasteiger partial charge >= 0.3 is 6.18 Å². The van der Waals surface area contributed by atoms with Crippen LogP contribution in [0.15, 0.2) is 41.5 Å². The molecule has 2 heterocycles. The highest BCUT2D eigenvalue weighted by atomic mass is 19.4. The molecular weight excluding hydrogens is 333 g/mol. The lowest BCUT2D eigenvalue weighted by atomic mass is 10.1. The second-order valence-corrected chi connectivity index (χ2v) is 6.75. The molecule has 0 bridgehead atoms. The van der Waals surface area contributed by atoms with Crippen molar-refractivity contribution in [3.63, 3.8) is 0 Å². The fraction of sp³-hybridized carbons (Fsp3) is 0.471. The first-order valence-electron chi connectivity index (χ1n) is 8.24. The van der Waals surface area contributed by atoms with E-state index in [-0.39, 0.29) is 6.29 Å². The first-order valence-corrected chi connectivity index (χ1v) is 8.24. The van der Waals surface area contributed by atoms with Crippen LogP contribution >= 0.6 is 0 Å². The summed E-state index contributed by atoms with van der Waals surface area (Å²) in [7, 11) is 0. The summed E-state index contributed by atoms with van der Waals surface area (Å²) in [5, 5.41) is 14.4. The third-order valence-corrected chi connectivity index (χ3v) is 5.15. The summed E-state index contributed by atoms with van der Waals surface area (Å²) in [5.41, 5.74) is 0.226. The molecule has 0 radical (unpaired) electrons.